The summed E-state index contributed by atoms with van der Waals surface area (Å²) in [4.78, 5) is 31.1. The molecule has 2 aliphatic heterocycles. The number of fused-ring (bicyclic) bond motifs is 4. The van der Waals surface area contributed by atoms with Gasteiger partial charge in [-0.05, 0) is 24.3 Å². The molecule has 1 saturated heterocycles. The number of amides is 1. The molecule has 4 rings (SSSR count). The maximum Gasteiger partial charge on any atom is 0.251 e. The molecule has 0 radical (unpaired) electrons. The highest BCUT2D eigenvalue weighted by Crippen LogP contribution is 2.41. The van der Waals surface area contributed by atoms with E-state index < -0.39 is 0 Å². The number of hydrogen-bond acceptors (Lipinski definition) is 4. The van der Waals surface area contributed by atoms with Crippen LogP contribution in [0.1, 0.15) is 50.5 Å². The van der Waals surface area contributed by atoms with Crippen LogP contribution in [0, 0.1) is 11.8 Å². The minimum absolute atomic E-state index is 0.00206. The first kappa shape index (κ1) is 19.9. The van der Waals surface area contributed by atoms with Crippen LogP contribution < -0.4 is 10.9 Å². The highest BCUT2D eigenvalue weighted by molar-refractivity contribution is 5.72. The highest BCUT2D eigenvalue weighted by Gasteiger charge is 2.40. The monoisotopic (exact) mass is 397 g/mol. The predicted molar refractivity (Wildman–Crippen MR) is 112 cm³/mol. The third kappa shape index (κ3) is 4.15. The number of carbonyl (C=O) groups excluding carboxylic acids is 1. The van der Waals surface area contributed by atoms with Crippen molar-refractivity contribution in [3.63, 3.8) is 0 Å². The number of piperidine rings is 1. The Labute approximate surface area is 171 Å². The van der Waals surface area contributed by atoms with E-state index in [4.69, 9.17) is 0 Å². The maximum absolute atomic E-state index is 12.7. The zero-order valence-electron chi connectivity index (χ0n) is 17.5. The second kappa shape index (κ2) is 8.14. The minimum Gasteiger partial charge on any atom is -0.354 e. The van der Waals surface area contributed by atoms with Crippen LogP contribution in [0.3, 0.4) is 0 Å². The van der Waals surface area contributed by atoms with E-state index in [-0.39, 0.29) is 17.5 Å². The van der Waals surface area contributed by atoms with Crippen molar-refractivity contribution in [1.29, 1.82) is 0 Å². The largest absolute Gasteiger partial charge is 0.354 e. The second-order valence-electron chi connectivity index (χ2n) is 8.98. The van der Waals surface area contributed by atoms with Gasteiger partial charge in [0.05, 0.1) is 18.1 Å². The molecule has 29 heavy (non-hydrogen) atoms. The van der Waals surface area contributed by atoms with Gasteiger partial charge in [-0.2, -0.15) is 0 Å². The van der Waals surface area contributed by atoms with Crippen LogP contribution in [-0.4, -0.2) is 44.6 Å². The third-order valence-electron chi connectivity index (χ3n) is 6.18. The number of nitrogens with one attached hydrogen (secondary N) is 1. The number of carbonyl (C=O) groups is 1. The highest BCUT2D eigenvalue weighted by atomic mass is 16.1. The Morgan fingerprint density at radius 2 is 2.14 bits per heavy atom. The van der Waals surface area contributed by atoms with E-state index >= 15 is 0 Å². The summed E-state index contributed by atoms with van der Waals surface area (Å²) >= 11 is 0. The van der Waals surface area contributed by atoms with E-state index in [0.717, 1.165) is 38.3 Å². The molecule has 0 unspecified atom stereocenters. The topological polar surface area (TPSA) is 72.2 Å². The molecular weight excluding hydrogens is 366 g/mol. The first-order chi connectivity index (χ1) is 13.9. The van der Waals surface area contributed by atoms with Gasteiger partial charge in [0.1, 0.15) is 0 Å². The van der Waals surface area contributed by atoms with Crippen molar-refractivity contribution in [2.75, 3.05) is 19.6 Å². The number of pyridine rings is 1. The summed E-state index contributed by atoms with van der Waals surface area (Å²) in [6.07, 6.45) is 4.96. The summed E-state index contributed by atoms with van der Waals surface area (Å²) < 4.78 is 4.19. The van der Waals surface area contributed by atoms with Gasteiger partial charge in [-0.25, -0.2) is 4.98 Å². The Kier molecular flexibility index (Phi) is 5.58. The van der Waals surface area contributed by atoms with Crippen molar-refractivity contribution in [3.05, 3.63) is 52.5 Å². The van der Waals surface area contributed by atoms with Crippen molar-refractivity contribution in [2.45, 2.75) is 52.2 Å². The van der Waals surface area contributed by atoms with Gasteiger partial charge < -0.3 is 14.5 Å². The van der Waals surface area contributed by atoms with E-state index in [2.05, 4.69) is 39.7 Å². The fraction of sp³-hybridized carbons (Fsp3) is 0.591. The molecule has 2 aliphatic rings. The number of likely N-dealkylation sites (tertiary alicyclic amines) is 1. The van der Waals surface area contributed by atoms with Gasteiger partial charge in [0, 0.05) is 63.5 Å². The maximum atomic E-state index is 12.7. The van der Waals surface area contributed by atoms with E-state index in [0.29, 0.717) is 24.3 Å². The lowest BCUT2D eigenvalue weighted by atomic mass is 9.78. The van der Waals surface area contributed by atoms with Crippen LogP contribution in [0.2, 0.25) is 0 Å². The molecule has 7 heteroatoms. The summed E-state index contributed by atoms with van der Waals surface area (Å²) in [5, 5.41) is 2.95. The van der Waals surface area contributed by atoms with Crippen LogP contribution in [-0.2, 0) is 17.9 Å². The van der Waals surface area contributed by atoms with Crippen LogP contribution >= 0.6 is 0 Å². The van der Waals surface area contributed by atoms with Crippen molar-refractivity contribution < 1.29 is 4.79 Å². The number of aromatic nitrogens is 3. The van der Waals surface area contributed by atoms with Crippen LogP contribution in [0.4, 0.5) is 0 Å². The van der Waals surface area contributed by atoms with Gasteiger partial charge in [-0.3, -0.25) is 14.5 Å². The smallest absolute Gasteiger partial charge is 0.251 e. The average Bonchev–Trinajstić information content (AvgIpc) is 3.08. The molecule has 7 nitrogen and oxygen atoms in total. The third-order valence-corrected chi connectivity index (χ3v) is 6.18. The fourth-order valence-electron chi connectivity index (χ4n) is 5.04. The standard InChI is InChI=1S/C22H31N5O2/c1-15(2)10-26-14-23-8-19(26)13-25-11-17-7-18(12-25)21(9-24-16(3)28)27-20(17)5-4-6-22(27)29/h4-6,8,14-15,17-18,21H,7,9-13H2,1-3H3,(H,24,28)/t17-,18+,21+/m1/s1. The lowest BCUT2D eigenvalue weighted by Crippen LogP contribution is -2.51. The van der Waals surface area contributed by atoms with Crippen molar-refractivity contribution in [3.8, 4) is 0 Å². The molecule has 1 fully saturated rings. The van der Waals surface area contributed by atoms with E-state index in [1.165, 1.54) is 12.6 Å². The molecule has 2 aromatic rings. The Hall–Kier alpha value is -2.41. The lowest BCUT2D eigenvalue weighted by Gasteiger charge is -2.47. The molecule has 2 aromatic heterocycles. The molecule has 4 heterocycles. The van der Waals surface area contributed by atoms with E-state index in [9.17, 15) is 9.59 Å². The van der Waals surface area contributed by atoms with Crippen LogP contribution in [0.25, 0.3) is 0 Å². The second-order valence-corrected chi connectivity index (χ2v) is 8.98. The van der Waals surface area contributed by atoms with Crippen molar-refractivity contribution in [2.24, 2.45) is 11.8 Å². The van der Waals surface area contributed by atoms with Crippen molar-refractivity contribution >= 4 is 5.91 Å². The quantitative estimate of drug-likeness (QED) is 0.809. The SMILES string of the molecule is CC(=O)NC[C@H]1[C@H]2C[C@H](CN(Cc3cncn3CC(C)C)C2)c2cccc(=O)n21. The molecule has 2 bridgehead atoms. The van der Waals surface area contributed by atoms with Gasteiger partial charge in [0.2, 0.25) is 5.91 Å². The Balaban J connectivity index is 1.59. The first-order valence-electron chi connectivity index (χ1n) is 10.6. The zero-order chi connectivity index (χ0) is 20.5. The van der Waals surface area contributed by atoms with Gasteiger partial charge in [0.25, 0.3) is 5.56 Å². The van der Waals surface area contributed by atoms with Gasteiger partial charge >= 0.3 is 0 Å². The lowest BCUT2D eigenvalue weighted by molar-refractivity contribution is -0.119. The summed E-state index contributed by atoms with van der Waals surface area (Å²) in [6, 6.07) is 5.58. The molecule has 3 atom stereocenters. The van der Waals surface area contributed by atoms with Crippen LogP contribution in [0.15, 0.2) is 35.5 Å². The number of imidazole rings is 1. The molecular formula is C22H31N5O2. The fourth-order valence-corrected chi connectivity index (χ4v) is 5.04. The molecule has 0 aromatic carbocycles. The summed E-state index contributed by atoms with van der Waals surface area (Å²) in [7, 11) is 0. The predicted octanol–water partition coefficient (Wildman–Crippen LogP) is 2.00. The number of nitrogens with zero attached hydrogens (tertiary/aromatic N) is 4. The molecule has 0 saturated carbocycles. The molecule has 1 N–H and O–H groups in total. The molecule has 0 aliphatic carbocycles. The van der Waals surface area contributed by atoms with Gasteiger partial charge in [-0.15, -0.1) is 0 Å². The van der Waals surface area contributed by atoms with Crippen LogP contribution in [0.5, 0.6) is 0 Å². The first-order valence-corrected chi connectivity index (χ1v) is 10.6. The molecule has 0 spiro atoms. The van der Waals surface area contributed by atoms with Crippen molar-refractivity contribution in [1.82, 2.24) is 24.3 Å². The summed E-state index contributed by atoms with van der Waals surface area (Å²) in [5.41, 5.74) is 2.38. The average molecular weight is 398 g/mol. The Morgan fingerprint density at radius 1 is 1.31 bits per heavy atom. The Morgan fingerprint density at radius 3 is 2.90 bits per heavy atom. The van der Waals surface area contributed by atoms with Gasteiger partial charge in [-0.1, -0.05) is 19.9 Å². The number of hydrogen-bond donors (Lipinski definition) is 1. The summed E-state index contributed by atoms with van der Waals surface area (Å²) in [5.74, 6) is 1.21. The minimum atomic E-state index is -0.0529. The molecule has 156 valence electrons. The number of rotatable bonds is 6. The van der Waals surface area contributed by atoms with Gasteiger partial charge in [0.15, 0.2) is 0 Å². The zero-order valence-corrected chi connectivity index (χ0v) is 17.5. The normalized spacial score (nSPS) is 23.8. The van der Waals surface area contributed by atoms with E-state index in [1.807, 2.05) is 23.2 Å². The molecule has 1 amide bonds. The summed E-state index contributed by atoms with van der Waals surface area (Å²) in [6.45, 7) is 10.2. The Bertz CT molecular complexity index is 931. The van der Waals surface area contributed by atoms with E-state index in [1.54, 1.807) is 6.07 Å².